The van der Waals surface area contributed by atoms with Gasteiger partial charge in [0.15, 0.2) is 5.69 Å². The highest BCUT2D eigenvalue weighted by Gasteiger charge is 2.11. The number of nitrogen functional groups attached to an aromatic ring is 1. The molecule has 1 heterocycles. The number of carbonyl (C=O) groups is 1. The Bertz CT molecular complexity index is 552. The van der Waals surface area contributed by atoms with Crippen LogP contribution in [0.5, 0.6) is 0 Å². The first-order valence-electron chi connectivity index (χ1n) is 4.35. The van der Waals surface area contributed by atoms with E-state index in [1.807, 2.05) is 0 Å². The average molecular weight is 203 g/mol. The summed E-state index contributed by atoms with van der Waals surface area (Å²) in [6.45, 7) is 1.61. The summed E-state index contributed by atoms with van der Waals surface area (Å²) in [4.78, 5) is 18.9. The van der Waals surface area contributed by atoms with E-state index in [2.05, 4.69) is 9.97 Å². The summed E-state index contributed by atoms with van der Waals surface area (Å²) in [5, 5.41) is 8.85. The Balaban J connectivity index is 2.76. The maximum atomic E-state index is 10.8. The fourth-order valence-electron chi connectivity index (χ4n) is 1.36. The van der Waals surface area contributed by atoms with E-state index in [9.17, 15) is 4.79 Å². The van der Waals surface area contributed by atoms with E-state index in [0.717, 1.165) is 0 Å². The number of fused-ring (bicyclic) bond motifs is 1. The van der Waals surface area contributed by atoms with Gasteiger partial charge in [0.25, 0.3) is 0 Å². The molecule has 3 N–H and O–H groups in total. The van der Waals surface area contributed by atoms with Gasteiger partial charge >= 0.3 is 5.97 Å². The van der Waals surface area contributed by atoms with E-state index in [1.165, 1.54) is 0 Å². The number of anilines is 1. The van der Waals surface area contributed by atoms with Gasteiger partial charge in [-0.3, -0.25) is 0 Å². The van der Waals surface area contributed by atoms with Crippen molar-refractivity contribution in [1.29, 1.82) is 0 Å². The Kier molecular flexibility index (Phi) is 2.00. The molecule has 0 aliphatic rings. The third-order valence-corrected chi connectivity index (χ3v) is 2.07. The van der Waals surface area contributed by atoms with Crippen LogP contribution in [-0.4, -0.2) is 21.0 Å². The number of nitrogens with two attached hydrogens (primary N) is 1. The minimum absolute atomic E-state index is 0.0210. The van der Waals surface area contributed by atoms with Crippen molar-refractivity contribution < 1.29 is 9.90 Å². The lowest BCUT2D eigenvalue weighted by Gasteiger charge is -2.02. The molecule has 0 atom stereocenters. The molecule has 0 amide bonds. The number of benzene rings is 1. The SMILES string of the molecule is Cc1nc2cc(N)ccc2nc1C(=O)O. The first kappa shape index (κ1) is 9.39. The van der Waals surface area contributed by atoms with E-state index in [1.54, 1.807) is 25.1 Å². The van der Waals surface area contributed by atoms with Gasteiger partial charge in [-0.1, -0.05) is 0 Å². The molecule has 0 aliphatic heterocycles. The maximum Gasteiger partial charge on any atom is 0.356 e. The van der Waals surface area contributed by atoms with Gasteiger partial charge in [-0.25, -0.2) is 14.8 Å². The van der Waals surface area contributed by atoms with E-state index >= 15 is 0 Å². The minimum Gasteiger partial charge on any atom is -0.476 e. The van der Waals surface area contributed by atoms with E-state index < -0.39 is 5.97 Å². The van der Waals surface area contributed by atoms with Crippen LogP contribution in [0.15, 0.2) is 18.2 Å². The zero-order valence-corrected chi connectivity index (χ0v) is 8.06. The number of nitrogens with zero attached hydrogens (tertiary/aromatic N) is 2. The Morgan fingerprint density at radius 3 is 2.73 bits per heavy atom. The quantitative estimate of drug-likeness (QED) is 0.680. The van der Waals surface area contributed by atoms with Crippen LogP contribution >= 0.6 is 0 Å². The molecule has 1 aromatic heterocycles. The molecule has 0 fully saturated rings. The number of aromatic nitrogens is 2. The van der Waals surface area contributed by atoms with Gasteiger partial charge in [-0.05, 0) is 25.1 Å². The zero-order valence-electron chi connectivity index (χ0n) is 8.06. The molecule has 0 saturated heterocycles. The number of carboxylic acid groups (broad SMARTS) is 1. The van der Waals surface area contributed by atoms with Crippen molar-refractivity contribution >= 4 is 22.7 Å². The Morgan fingerprint density at radius 1 is 1.33 bits per heavy atom. The van der Waals surface area contributed by atoms with Crippen molar-refractivity contribution in [3.63, 3.8) is 0 Å². The molecule has 0 bridgehead atoms. The van der Waals surface area contributed by atoms with E-state index in [-0.39, 0.29) is 5.69 Å². The first-order valence-corrected chi connectivity index (χ1v) is 4.35. The molecule has 15 heavy (non-hydrogen) atoms. The molecule has 0 saturated carbocycles. The van der Waals surface area contributed by atoms with Crippen LogP contribution in [0.2, 0.25) is 0 Å². The smallest absolute Gasteiger partial charge is 0.356 e. The summed E-state index contributed by atoms with van der Waals surface area (Å²) in [6, 6.07) is 4.99. The largest absolute Gasteiger partial charge is 0.476 e. The highest BCUT2D eigenvalue weighted by molar-refractivity contribution is 5.90. The molecular formula is C10H9N3O2. The van der Waals surface area contributed by atoms with Crippen LogP contribution in [0.3, 0.4) is 0 Å². The van der Waals surface area contributed by atoms with Crippen LogP contribution in [0, 0.1) is 6.92 Å². The highest BCUT2D eigenvalue weighted by Crippen LogP contribution is 2.15. The van der Waals surface area contributed by atoms with Gasteiger partial charge in [-0.15, -0.1) is 0 Å². The molecule has 2 aromatic rings. The van der Waals surface area contributed by atoms with Crippen molar-refractivity contribution in [2.75, 3.05) is 5.73 Å². The van der Waals surface area contributed by atoms with E-state index in [4.69, 9.17) is 10.8 Å². The van der Waals surface area contributed by atoms with Crippen LogP contribution in [0.1, 0.15) is 16.2 Å². The first-order chi connectivity index (χ1) is 7.08. The van der Waals surface area contributed by atoms with Crippen molar-refractivity contribution in [2.24, 2.45) is 0 Å². The summed E-state index contributed by atoms with van der Waals surface area (Å²) >= 11 is 0. The molecule has 5 heteroatoms. The number of hydrogen-bond acceptors (Lipinski definition) is 4. The van der Waals surface area contributed by atoms with Gasteiger partial charge in [0.1, 0.15) is 0 Å². The normalized spacial score (nSPS) is 10.5. The molecule has 0 spiro atoms. The summed E-state index contributed by atoms with van der Waals surface area (Å²) < 4.78 is 0. The number of carboxylic acids is 1. The standard InChI is InChI=1S/C10H9N3O2/c1-5-9(10(14)15)13-7-3-2-6(11)4-8(7)12-5/h2-4H,11H2,1H3,(H,14,15). The third-order valence-electron chi connectivity index (χ3n) is 2.07. The summed E-state index contributed by atoms with van der Waals surface area (Å²) in [6.07, 6.45) is 0. The topological polar surface area (TPSA) is 89.1 Å². The average Bonchev–Trinajstić information content (AvgIpc) is 2.15. The molecule has 1 aromatic carbocycles. The maximum absolute atomic E-state index is 10.8. The fourth-order valence-corrected chi connectivity index (χ4v) is 1.36. The number of aryl methyl sites for hydroxylation is 1. The Labute approximate surface area is 85.6 Å². The Hall–Kier alpha value is -2.17. The second-order valence-electron chi connectivity index (χ2n) is 3.21. The van der Waals surface area contributed by atoms with Crippen molar-refractivity contribution in [3.05, 3.63) is 29.6 Å². The molecule has 0 radical (unpaired) electrons. The van der Waals surface area contributed by atoms with Gasteiger partial charge in [0.2, 0.25) is 0 Å². The van der Waals surface area contributed by atoms with Gasteiger partial charge < -0.3 is 10.8 Å². The number of aromatic carboxylic acids is 1. The summed E-state index contributed by atoms with van der Waals surface area (Å²) in [5.41, 5.74) is 7.68. The second kappa shape index (κ2) is 3.20. The van der Waals surface area contributed by atoms with Crippen LogP contribution in [-0.2, 0) is 0 Å². The zero-order chi connectivity index (χ0) is 11.0. The number of hydrogen-bond donors (Lipinski definition) is 2. The molecular weight excluding hydrogens is 194 g/mol. The molecule has 2 rings (SSSR count). The molecule has 76 valence electrons. The fraction of sp³-hybridized carbons (Fsp3) is 0.100. The predicted octanol–water partition coefficient (Wildman–Crippen LogP) is 1.22. The van der Waals surface area contributed by atoms with Gasteiger partial charge in [0.05, 0.1) is 16.7 Å². The lowest BCUT2D eigenvalue weighted by Crippen LogP contribution is -2.05. The lowest BCUT2D eigenvalue weighted by atomic mass is 10.2. The molecule has 5 nitrogen and oxygen atoms in total. The highest BCUT2D eigenvalue weighted by atomic mass is 16.4. The van der Waals surface area contributed by atoms with Crippen LogP contribution in [0.25, 0.3) is 11.0 Å². The monoisotopic (exact) mass is 203 g/mol. The van der Waals surface area contributed by atoms with E-state index in [0.29, 0.717) is 22.4 Å². The van der Waals surface area contributed by atoms with Crippen LogP contribution < -0.4 is 5.73 Å². The minimum atomic E-state index is -1.07. The Morgan fingerprint density at radius 2 is 2.07 bits per heavy atom. The van der Waals surface area contributed by atoms with Gasteiger partial charge in [-0.2, -0.15) is 0 Å². The third kappa shape index (κ3) is 1.59. The van der Waals surface area contributed by atoms with Crippen molar-refractivity contribution in [3.8, 4) is 0 Å². The number of rotatable bonds is 1. The molecule has 0 unspecified atom stereocenters. The van der Waals surface area contributed by atoms with Gasteiger partial charge in [0, 0.05) is 5.69 Å². The predicted molar refractivity (Wildman–Crippen MR) is 55.6 cm³/mol. The molecule has 0 aliphatic carbocycles. The summed E-state index contributed by atoms with van der Waals surface area (Å²) in [7, 11) is 0. The van der Waals surface area contributed by atoms with Crippen LogP contribution in [0.4, 0.5) is 5.69 Å². The van der Waals surface area contributed by atoms with Crippen molar-refractivity contribution in [2.45, 2.75) is 6.92 Å². The summed E-state index contributed by atoms with van der Waals surface area (Å²) in [5.74, 6) is -1.07. The second-order valence-corrected chi connectivity index (χ2v) is 3.21. The lowest BCUT2D eigenvalue weighted by molar-refractivity contribution is 0.0689. The van der Waals surface area contributed by atoms with Crippen molar-refractivity contribution in [1.82, 2.24) is 9.97 Å².